The first-order chi connectivity index (χ1) is 57.2. The lowest BCUT2D eigenvalue weighted by Gasteiger charge is -2.36. The number of imide groups is 2. The van der Waals surface area contributed by atoms with Crippen LogP contribution in [0.15, 0.2) is 168 Å². The van der Waals surface area contributed by atoms with Crippen molar-refractivity contribution in [1.29, 1.82) is 0 Å². The highest BCUT2D eigenvalue weighted by molar-refractivity contribution is 6.46. The molecule has 4 aliphatic rings. The molecule has 0 spiro atoms. The molecule has 2 saturated carbocycles. The van der Waals surface area contributed by atoms with Crippen LogP contribution in [0.1, 0.15) is 141 Å². The Morgan fingerprint density at radius 2 is 0.575 bits per heavy atom. The van der Waals surface area contributed by atoms with Crippen molar-refractivity contribution < 1.29 is 122 Å². The van der Waals surface area contributed by atoms with Crippen molar-refractivity contribution in [3.63, 3.8) is 0 Å². The lowest BCUT2D eigenvalue weighted by atomic mass is 9.80. The number of hydrogen-bond donors (Lipinski definition) is 0. The molecule has 0 aromatic heterocycles. The highest BCUT2D eigenvalue weighted by Gasteiger charge is 2.51. The monoisotopic (exact) mass is 1730 g/mol. The summed E-state index contributed by atoms with van der Waals surface area (Å²) in [6, 6.07) is 23.1. The number of ether oxygens (including phenoxy) is 10. The predicted molar refractivity (Wildman–Crippen MR) is 428 cm³/mol. The van der Waals surface area contributed by atoms with E-state index in [-0.39, 0.29) is 174 Å². The number of benzene rings is 9. The Labute approximate surface area is 700 Å². The van der Waals surface area contributed by atoms with Gasteiger partial charge in [-0.1, -0.05) is 134 Å². The molecule has 2 fully saturated rings. The molecule has 13 rings (SSSR count). The van der Waals surface area contributed by atoms with Gasteiger partial charge in [-0.15, -0.1) is 0 Å². The summed E-state index contributed by atoms with van der Waals surface area (Å²) in [5.74, 6) is -14.5. The molecule has 2 unspecified atom stereocenters. The van der Waals surface area contributed by atoms with Gasteiger partial charge in [0.25, 0.3) is 23.6 Å². The number of nitrogens with zero attached hydrogens (tertiary/aromatic N) is 2. The van der Waals surface area contributed by atoms with Crippen LogP contribution in [0.3, 0.4) is 0 Å². The summed E-state index contributed by atoms with van der Waals surface area (Å²) in [6.07, 6.45) is -11.5. The number of halogens is 10. The minimum atomic E-state index is -5.26. The summed E-state index contributed by atoms with van der Waals surface area (Å²) in [5.41, 5.74) is -0.148. The Balaban J connectivity index is 1.15. The summed E-state index contributed by atoms with van der Waals surface area (Å²) in [4.78, 5) is 144. The zero-order valence-corrected chi connectivity index (χ0v) is 66.7. The van der Waals surface area contributed by atoms with E-state index in [1.165, 1.54) is 48.5 Å². The fourth-order valence-electron chi connectivity index (χ4n) is 15.0. The summed E-state index contributed by atoms with van der Waals surface area (Å²) in [5, 5.41) is -3.49. The molecule has 0 saturated heterocycles. The number of carbonyl (C=O) groups is 10. The fourth-order valence-corrected chi connectivity index (χ4v) is 15.3. The van der Waals surface area contributed by atoms with Crippen LogP contribution < -0.4 is 18.9 Å². The first kappa shape index (κ1) is 86.1. The molecule has 0 N–H and O–H groups in total. The maximum absolute atomic E-state index is 16.2. The quantitative estimate of drug-likeness (QED) is 0.00721. The molecule has 2 heterocycles. The third-order valence-electron chi connectivity index (χ3n) is 20.6. The van der Waals surface area contributed by atoms with Gasteiger partial charge in [-0.25, -0.2) is 28.8 Å². The molecule has 9 aromatic carbocycles. The van der Waals surface area contributed by atoms with Crippen molar-refractivity contribution in [3.05, 3.63) is 212 Å². The SMILES string of the molecule is C=C(Cl)C(=O)OCCc1ccc(Oc2cc3c4c(cc(Oc5ccc(CCOC(=O)C(=C)Cl)cc5)c5c6c(Oc7ccc(CCOC(=O)C(=C)Cl)cc7)cc7c8c(cc(Oc9ccc(CCOC(=O)C(=C)Cl)cc9)c(c2c45)c86)C(=O)N(C(CC(F)(F)F)C(=O)OC2CCCCC2)C7=O)C(=O)N(C(CC(F)(F)F)C(=O)OC2CCCCC2)C3=O)cc1. The van der Waals surface area contributed by atoms with Gasteiger partial charge in [0.15, 0.2) is 0 Å². The Bertz CT molecular complexity index is 5020. The van der Waals surface area contributed by atoms with Crippen LogP contribution in [-0.2, 0) is 82.9 Å². The van der Waals surface area contributed by atoms with Gasteiger partial charge < -0.3 is 47.4 Å². The van der Waals surface area contributed by atoms with Crippen molar-refractivity contribution in [1.82, 2.24) is 9.80 Å². The smallest absolute Gasteiger partial charge is 0.391 e. The van der Waals surface area contributed by atoms with Gasteiger partial charge in [0, 0.05) is 68.8 Å². The summed E-state index contributed by atoms with van der Waals surface area (Å²) < 4.78 is 153. The van der Waals surface area contributed by atoms with E-state index in [0.717, 1.165) is 37.1 Å². The Morgan fingerprint density at radius 3 is 0.783 bits per heavy atom. The molecular formula is C88H72Cl4F6N2O20. The van der Waals surface area contributed by atoms with Crippen molar-refractivity contribution in [2.75, 3.05) is 26.4 Å². The number of fused-ring (bicyclic) bond motifs is 2. The van der Waals surface area contributed by atoms with Crippen LogP contribution in [0.5, 0.6) is 46.0 Å². The van der Waals surface area contributed by atoms with E-state index in [0.29, 0.717) is 47.9 Å². The molecule has 2 atom stereocenters. The maximum Gasteiger partial charge on any atom is 0.391 e. The molecule has 4 amide bonds. The second-order valence-electron chi connectivity index (χ2n) is 28.9. The zero-order chi connectivity index (χ0) is 85.8. The molecular weight excluding hydrogens is 1660 g/mol. The Hall–Kier alpha value is -11.7. The van der Waals surface area contributed by atoms with E-state index < -0.39 is 154 Å². The average Bonchev–Trinajstić information content (AvgIpc) is 0.669. The molecule has 2 aliphatic heterocycles. The van der Waals surface area contributed by atoms with E-state index >= 15 is 45.5 Å². The second kappa shape index (κ2) is 36.5. The van der Waals surface area contributed by atoms with Crippen LogP contribution in [0.25, 0.3) is 43.1 Å². The Kier molecular flexibility index (Phi) is 26.2. The van der Waals surface area contributed by atoms with Crippen molar-refractivity contribution in [2.45, 2.75) is 139 Å². The first-order valence-corrected chi connectivity index (χ1v) is 39.5. The minimum absolute atomic E-state index is 0.0638. The summed E-state index contributed by atoms with van der Waals surface area (Å²) >= 11 is 23.2. The highest BCUT2D eigenvalue weighted by atomic mass is 35.5. The lowest BCUT2D eigenvalue weighted by Crippen LogP contribution is -2.53. The van der Waals surface area contributed by atoms with Crippen molar-refractivity contribution >= 4 is 149 Å². The predicted octanol–water partition coefficient (Wildman–Crippen LogP) is 19.8. The topological polar surface area (TPSA) is 269 Å². The lowest BCUT2D eigenvalue weighted by molar-refractivity contribution is -0.171. The van der Waals surface area contributed by atoms with E-state index in [4.69, 9.17) is 93.8 Å². The molecule has 22 nitrogen and oxygen atoms in total. The van der Waals surface area contributed by atoms with E-state index in [2.05, 4.69) is 26.3 Å². The molecule has 624 valence electrons. The van der Waals surface area contributed by atoms with Gasteiger partial charge in [-0.3, -0.25) is 29.0 Å². The van der Waals surface area contributed by atoms with E-state index in [1.54, 1.807) is 48.5 Å². The molecule has 120 heavy (non-hydrogen) atoms. The van der Waals surface area contributed by atoms with Crippen LogP contribution in [0.2, 0.25) is 0 Å². The molecule has 2 aliphatic carbocycles. The summed E-state index contributed by atoms with van der Waals surface area (Å²) in [7, 11) is 0. The van der Waals surface area contributed by atoms with Gasteiger partial charge >= 0.3 is 48.2 Å². The van der Waals surface area contributed by atoms with Crippen LogP contribution >= 0.6 is 46.4 Å². The number of hydrogen-bond acceptors (Lipinski definition) is 20. The van der Waals surface area contributed by atoms with Gasteiger partial charge in [0.2, 0.25) is 0 Å². The molecule has 9 aromatic rings. The van der Waals surface area contributed by atoms with E-state index in [9.17, 15) is 28.8 Å². The normalized spacial score (nSPS) is 15.0. The van der Waals surface area contributed by atoms with Gasteiger partial charge in [-0.2, -0.15) is 26.3 Å². The number of esters is 6. The van der Waals surface area contributed by atoms with Crippen LogP contribution in [0, 0.1) is 0 Å². The van der Waals surface area contributed by atoms with Gasteiger partial charge in [-0.05, 0) is 146 Å². The second-order valence-corrected chi connectivity index (χ2v) is 30.7. The van der Waals surface area contributed by atoms with Crippen LogP contribution in [-0.4, -0.2) is 132 Å². The zero-order valence-electron chi connectivity index (χ0n) is 63.7. The molecule has 0 radical (unpaired) electrons. The average molecular weight is 1730 g/mol. The van der Waals surface area contributed by atoms with Crippen molar-refractivity contribution in [3.8, 4) is 46.0 Å². The summed E-state index contributed by atoms with van der Waals surface area (Å²) in [6.45, 7) is 12.8. The molecule has 0 bridgehead atoms. The fraction of sp³-hybridized carbons (Fsp3) is 0.295. The number of rotatable bonds is 32. The highest BCUT2D eigenvalue weighted by Crippen LogP contribution is 2.59. The van der Waals surface area contributed by atoms with Gasteiger partial charge in [0.1, 0.15) is 90.4 Å². The van der Waals surface area contributed by atoms with Gasteiger partial charge in [0.05, 0.1) is 61.5 Å². The van der Waals surface area contributed by atoms with E-state index in [1.807, 2.05) is 0 Å². The number of carbonyl (C=O) groups excluding carboxylic acids is 10. The van der Waals surface area contributed by atoms with Crippen molar-refractivity contribution in [2.24, 2.45) is 0 Å². The minimum Gasteiger partial charge on any atom is -0.461 e. The first-order valence-electron chi connectivity index (χ1n) is 38.0. The third kappa shape index (κ3) is 19.4. The number of alkyl halides is 6. The van der Waals surface area contributed by atoms with Crippen LogP contribution in [0.4, 0.5) is 26.3 Å². The third-order valence-corrected chi connectivity index (χ3v) is 21.3. The largest absolute Gasteiger partial charge is 0.461 e. The maximum atomic E-state index is 16.2. The Morgan fingerprint density at radius 1 is 0.350 bits per heavy atom. The number of amides is 4. The standard InChI is InChI=1S/C88H72Cl4F6N2O20/c1-45(89)81(105)111-35-31-49-15-23-55(24-16-49)115-65-39-59-69-60(78(102)99(77(59)101)63(43-87(93,94)95)85(109)119-53-11-7-5-8-12-53)41-67(117-57-27-19-51(20-28-57)33-37-113-83(107)47(3)91)73-74-68(118-58-29-21-52(22-30-58)34-38-114-84(108)48(4)92)42-62-70-61(79(103)100(80(62)104)64(44-88(96,97)98)86(110)120-54-13-9-6-10-14-54)40-66(72(76(70)74)71(65)75(69)73)116-56-25-17-50(18-26-56)32-36-112-82(106)46(2)90/h15-30,39-42,53-54,63-64H,1-14,31-38,43-44H2. The molecule has 32 heteroatoms.